The topological polar surface area (TPSA) is 74.3 Å². The van der Waals surface area contributed by atoms with Gasteiger partial charge in [-0.3, -0.25) is 4.57 Å². The highest BCUT2D eigenvalue weighted by molar-refractivity contribution is 6.39. The molecule has 0 saturated carbocycles. The van der Waals surface area contributed by atoms with Crippen LogP contribution in [-0.2, 0) is 0 Å². The Balaban J connectivity index is 1.10. The van der Waals surface area contributed by atoms with E-state index in [1.807, 2.05) is 42.5 Å². The SMILES string of the molecule is c1ccc(-c2nc(-c3ccccc3)nc(-c3cccc4c3ccc3c5c6c7ccccc7n(-c7nc(-c8ccccc8)nc8c7ccc7ccccc78)c6c6ccccc6c5n(-c5ccccc5)c43)n2)cc1. The fraction of sp³-hybridized carbons (Fsp3) is 0. The van der Waals surface area contributed by atoms with Gasteiger partial charge in [0, 0.05) is 76.4 Å². The highest BCUT2D eigenvalue weighted by Crippen LogP contribution is 2.49. The van der Waals surface area contributed by atoms with Gasteiger partial charge in [0.1, 0.15) is 5.82 Å². The van der Waals surface area contributed by atoms with Crippen LogP contribution in [0.3, 0.4) is 0 Å². The molecule has 72 heavy (non-hydrogen) atoms. The molecule has 0 atom stereocenters. The lowest BCUT2D eigenvalue weighted by Gasteiger charge is -2.16. The van der Waals surface area contributed by atoms with Crippen molar-refractivity contribution < 1.29 is 0 Å². The first-order chi connectivity index (χ1) is 35.7. The van der Waals surface area contributed by atoms with Crippen LogP contribution in [0.2, 0.25) is 0 Å². The molecule has 4 heterocycles. The Morgan fingerprint density at radius 1 is 0.264 bits per heavy atom. The molecule has 4 aromatic heterocycles. The van der Waals surface area contributed by atoms with Gasteiger partial charge in [0.2, 0.25) is 0 Å². The maximum absolute atomic E-state index is 5.58. The number of fused-ring (bicyclic) bond motifs is 15. The Kier molecular flexibility index (Phi) is 8.82. The molecule has 0 amide bonds. The lowest BCUT2D eigenvalue weighted by Crippen LogP contribution is -2.03. The van der Waals surface area contributed by atoms with Gasteiger partial charge in [0.15, 0.2) is 23.3 Å². The van der Waals surface area contributed by atoms with E-state index in [1.165, 1.54) is 10.8 Å². The van der Waals surface area contributed by atoms with E-state index in [-0.39, 0.29) is 0 Å². The number of hydrogen-bond donors (Lipinski definition) is 0. The first kappa shape index (κ1) is 40.1. The fourth-order valence-corrected chi connectivity index (χ4v) is 11.2. The van der Waals surface area contributed by atoms with Gasteiger partial charge in [-0.1, -0.05) is 212 Å². The van der Waals surface area contributed by atoms with Crippen LogP contribution >= 0.6 is 0 Å². The summed E-state index contributed by atoms with van der Waals surface area (Å²) in [6, 6.07) is 83.2. The standard InChI is InChI=1S/C65H39N7/c1-5-21-41(22-6-1)61-66-57-45-29-14-13-20-40(45)36-37-53(57)65(70-61)72-54-35-18-17-32-51(54)55-56-52-39-38-46-47(58(52)71(44-27-11-4-12-28-44)59(56)48-30-15-16-31-49(48)60(55)72)33-19-34-50(46)64-68-62(42-23-7-2-8-24-42)67-63(69-64)43-25-9-3-10-26-43/h1-39H. The maximum atomic E-state index is 5.58. The molecule has 15 aromatic rings. The van der Waals surface area contributed by atoms with Crippen LogP contribution in [0.1, 0.15) is 0 Å². The van der Waals surface area contributed by atoms with Gasteiger partial charge in [-0.25, -0.2) is 24.9 Å². The highest BCUT2D eigenvalue weighted by atomic mass is 15.1. The smallest absolute Gasteiger partial charge is 0.164 e. The Morgan fingerprint density at radius 2 is 0.736 bits per heavy atom. The Morgan fingerprint density at radius 3 is 1.40 bits per heavy atom. The molecule has 7 nitrogen and oxygen atoms in total. The first-order valence-electron chi connectivity index (χ1n) is 24.3. The summed E-state index contributed by atoms with van der Waals surface area (Å²) in [4.78, 5) is 26.4. The van der Waals surface area contributed by atoms with Crippen LogP contribution in [0.25, 0.3) is 144 Å². The number of rotatable bonds is 6. The van der Waals surface area contributed by atoms with Gasteiger partial charge in [0.05, 0.1) is 27.6 Å². The van der Waals surface area contributed by atoms with E-state index in [1.54, 1.807) is 0 Å². The van der Waals surface area contributed by atoms with Gasteiger partial charge in [-0.15, -0.1) is 0 Å². The van der Waals surface area contributed by atoms with E-state index in [0.29, 0.717) is 23.3 Å². The van der Waals surface area contributed by atoms with Crippen LogP contribution < -0.4 is 0 Å². The van der Waals surface area contributed by atoms with E-state index in [4.69, 9.17) is 24.9 Å². The average Bonchev–Trinajstić information content (AvgIpc) is 4.00. The summed E-state index contributed by atoms with van der Waals surface area (Å²) in [5.74, 6) is 3.39. The van der Waals surface area contributed by atoms with Crippen molar-refractivity contribution in [2.24, 2.45) is 0 Å². The van der Waals surface area contributed by atoms with E-state index in [0.717, 1.165) is 110 Å². The van der Waals surface area contributed by atoms with Crippen LogP contribution in [0.15, 0.2) is 237 Å². The van der Waals surface area contributed by atoms with Crippen molar-refractivity contribution in [3.8, 4) is 57.1 Å². The van der Waals surface area contributed by atoms with Crippen LogP contribution in [-0.4, -0.2) is 34.1 Å². The molecular weight excluding hydrogens is 879 g/mol. The maximum Gasteiger partial charge on any atom is 0.164 e. The van der Waals surface area contributed by atoms with Crippen molar-refractivity contribution in [1.29, 1.82) is 0 Å². The molecule has 0 saturated heterocycles. The molecule has 11 aromatic carbocycles. The van der Waals surface area contributed by atoms with E-state index in [9.17, 15) is 0 Å². The van der Waals surface area contributed by atoms with E-state index < -0.39 is 0 Å². The largest absolute Gasteiger partial charge is 0.308 e. The summed E-state index contributed by atoms with van der Waals surface area (Å²) in [5, 5.41) is 12.2. The van der Waals surface area contributed by atoms with E-state index in [2.05, 4.69) is 203 Å². The van der Waals surface area contributed by atoms with Gasteiger partial charge in [0.25, 0.3) is 0 Å². The predicted octanol–water partition coefficient (Wildman–Crippen LogP) is 16.1. The molecule has 0 radical (unpaired) electrons. The second-order valence-corrected chi connectivity index (χ2v) is 18.3. The molecule has 0 aliphatic carbocycles. The number of hydrogen-bond acceptors (Lipinski definition) is 5. The Hall–Kier alpha value is -9.85. The third kappa shape index (κ3) is 6.01. The van der Waals surface area contributed by atoms with Crippen molar-refractivity contribution >= 4 is 86.8 Å². The zero-order chi connectivity index (χ0) is 47.3. The first-order valence-corrected chi connectivity index (χ1v) is 24.3. The number of nitrogens with zero attached hydrogens (tertiary/aromatic N) is 7. The summed E-state index contributed by atoms with van der Waals surface area (Å²) < 4.78 is 4.90. The Bertz CT molecular complexity index is 4600. The van der Waals surface area contributed by atoms with Gasteiger partial charge in [-0.2, -0.15) is 0 Å². The highest BCUT2D eigenvalue weighted by Gasteiger charge is 2.27. The molecule has 15 rings (SSSR count). The van der Waals surface area contributed by atoms with Crippen LogP contribution in [0, 0.1) is 0 Å². The molecule has 0 bridgehead atoms. The average molecular weight is 918 g/mol. The lowest BCUT2D eigenvalue weighted by atomic mass is 9.97. The normalized spacial score (nSPS) is 11.9. The summed E-state index contributed by atoms with van der Waals surface area (Å²) in [5.41, 5.74) is 10.2. The minimum Gasteiger partial charge on any atom is -0.308 e. The number of para-hydroxylation sites is 2. The number of aromatic nitrogens is 7. The molecule has 0 aliphatic heterocycles. The van der Waals surface area contributed by atoms with E-state index >= 15 is 0 Å². The summed E-state index contributed by atoms with van der Waals surface area (Å²) >= 11 is 0. The third-order valence-electron chi connectivity index (χ3n) is 14.3. The molecule has 0 unspecified atom stereocenters. The van der Waals surface area contributed by atoms with Crippen molar-refractivity contribution in [3.63, 3.8) is 0 Å². The van der Waals surface area contributed by atoms with Crippen molar-refractivity contribution in [2.45, 2.75) is 0 Å². The van der Waals surface area contributed by atoms with Crippen LogP contribution in [0.4, 0.5) is 0 Å². The van der Waals surface area contributed by atoms with Gasteiger partial charge >= 0.3 is 0 Å². The molecule has 0 N–H and O–H groups in total. The third-order valence-corrected chi connectivity index (χ3v) is 14.3. The van der Waals surface area contributed by atoms with Crippen molar-refractivity contribution in [2.75, 3.05) is 0 Å². The fourth-order valence-electron chi connectivity index (χ4n) is 11.2. The molecule has 0 fully saturated rings. The second kappa shape index (κ2) is 15.8. The summed E-state index contributed by atoms with van der Waals surface area (Å²) in [6.07, 6.45) is 0. The quantitative estimate of drug-likeness (QED) is 0.155. The molecule has 0 aliphatic rings. The zero-order valence-electron chi connectivity index (χ0n) is 38.6. The predicted molar refractivity (Wildman–Crippen MR) is 296 cm³/mol. The molecular formula is C65H39N7. The molecule has 7 heteroatoms. The molecule has 0 spiro atoms. The molecule has 334 valence electrons. The minimum absolute atomic E-state index is 0.616. The van der Waals surface area contributed by atoms with Crippen molar-refractivity contribution in [3.05, 3.63) is 237 Å². The minimum atomic E-state index is 0.616. The second-order valence-electron chi connectivity index (χ2n) is 18.3. The monoisotopic (exact) mass is 917 g/mol. The summed E-state index contributed by atoms with van der Waals surface area (Å²) in [7, 11) is 0. The van der Waals surface area contributed by atoms with Gasteiger partial charge < -0.3 is 4.57 Å². The van der Waals surface area contributed by atoms with Crippen LogP contribution in [0.5, 0.6) is 0 Å². The lowest BCUT2D eigenvalue weighted by molar-refractivity contribution is 1.08. The summed E-state index contributed by atoms with van der Waals surface area (Å²) in [6.45, 7) is 0. The Labute approximate surface area is 412 Å². The van der Waals surface area contributed by atoms with Gasteiger partial charge in [-0.05, 0) is 35.0 Å². The number of benzene rings is 11. The van der Waals surface area contributed by atoms with Crippen molar-refractivity contribution in [1.82, 2.24) is 34.1 Å². The zero-order valence-corrected chi connectivity index (χ0v) is 38.6.